The maximum Gasteiger partial charge on any atom is 0.303 e. The Morgan fingerprint density at radius 1 is 1.26 bits per heavy atom. The van der Waals surface area contributed by atoms with Gasteiger partial charge in [-0.1, -0.05) is 62.8 Å². The molecule has 3 atom stereocenters. The molecule has 3 nitrogen and oxygen atoms in total. The van der Waals surface area contributed by atoms with Crippen molar-refractivity contribution in [3.8, 4) is 0 Å². The zero-order chi connectivity index (χ0) is 17.1. The lowest BCUT2D eigenvalue weighted by Crippen LogP contribution is -2.12. The number of carboxylic acids is 1. The maximum atomic E-state index is 10.8. The van der Waals surface area contributed by atoms with Crippen LogP contribution in [0.3, 0.4) is 0 Å². The summed E-state index contributed by atoms with van der Waals surface area (Å²) in [6.45, 7) is 4.00. The molecule has 1 aliphatic rings. The van der Waals surface area contributed by atoms with Gasteiger partial charge in [0.25, 0.3) is 0 Å². The van der Waals surface area contributed by atoms with Crippen LogP contribution in [-0.2, 0) is 11.2 Å². The van der Waals surface area contributed by atoms with E-state index in [1.54, 1.807) is 0 Å². The molecule has 1 fully saturated rings. The number of hydrogen-bond acceptors (Lipinski definition) is 2. The summed E-state index contributed by atoms with van der Waals surface area (Å²) in [6, 6.07) is 10.1. The van der Waals surface area contributed by atoms with Crippen molar-refractivity contribution in [2.24, 2.45) is 11.8 Å². The van der Waals surface area contributed by atoms with E-state index in [1.807, 2.05) is 44.2 Å². The quantitative estimate of drug-likeness (QED) is 0.730. The predicted octanol–water partition coefficient (Wildman–Crippen LogP) is 4.45. The normalized spacial score (nSPS) is 21.7. The van der Waals surface area contributed by atoms with Gasteiger partial charge in [-0.15, -0.1) is 0 Å². The van der Waals surface area contributed by atoms with E-state index in [1.165, 1.54) is 5.56 Å². The van der Waals surface area contributed by atoms with Gasteiger partial charge in [-0.3, -0.25) is 4.79 Å². The first kappa shape index (κ1) is 19.4. The number of aliphatic carboxylic acids is 1. The molecule has 1 saturated carbocycles. The summed E-state index contributed by atoms with van der Waals surface area (Å²) in [4.78, 5) is 10.8. The summed E-state index contributed by atoms with van der Waals surface area (Å²) in [7, 11) is 0. The lowest BCUT2D eigenvalue weighted by atomic mass is 9.92. The second-order valence-corrected chi connectivity index (χ2v) is 5.93. The van der Waals surface area contributed by atoms with Crippen molar-refractivity contribution in [1.29, 1.82) is 0 Å². The van der Waals surface area contributed by atoms with Gasteiger partial charge < -0.3 is 10.2 Å². The highest BCUT2D eigenvalue weighted by atomic mass is 16.4. The second kappa shape index (κ2) is 11.0. The number of rotatable bonds is 7. The van der Waals surface area contributed by atoms with E-state index < -0.39 is 12.1 Å². The van der Waals surface area contributed by atoms with Crippen LogP contribution in [0.25, 0.3) is 0 Å². The minimum Gasteiger partial charge on any atom is -0.481 e. The Morgan fingerprint density at radius 2 is 1.96 bits per heavy atom. The Bertz CT molecular complexity index is 467. The van der Waals surface area contributed by atoms with Gasteiger partial charge in [0.15, 0.2) is 0 Å². The van der Waals surface area contributed by atoms with Gasteiger partial charge in [0, 0.05) is 6.42 Å². The van der Waals surface area contributed by atoms with Gasteiger partial charge in [-0.25, -0.2) is 0 Å². The molecule has 1 aromatic rings. The average molecular weight is 318 g/mol. The van der Waals surface area contributed by atoms with Crippen LogP contribution in [-0.4, -0.2) is 22.3 Å². The van der Waals surface area contributed by atoms with Crippen LogP contribution < -0.4 is 0 Å². The van der Waals surface area contributed by atoms with Crippen molar-refractivity contribution in [1.82, 2.24) is 0 Å². The van der Waals surface area contributed by atoms with Gasteiger partial charge in [0.2, 0.25) is 0 Å². The van der Waals surface area contributed by atoms with E-state index in [4.69, 9.17) is 5.11 Å². The molecule has 2 unspecified atom stereocenters. The van der Waals surface area contributed by atoms with Crippen LogP contribution >= 0.6 is 0 Å². The molecule has 2 N–H and O–H groups in total. The highest BCUT2D eigenvalue weighted by molar-refractivity contribution is 5.67. The predicted molar refractivity (Wildman–Crippen MR) is 94.3 cm³/mol. The third kappa shape index (κ3) is 7.47. The topological polar surface area (TPSA) is 57.5 Å². The summed E-state index contributed by atoms with van der Waals surface area (Å²) in [5.74, 6) is -0.169. The molecule has 0 aromatic heterocycles. The largest absolute Gasteiger partial charge is 0.481 e. The van der Waals surface area contributed by atoms with Crippen molar-refractivity contribution >= 4 is 5.97 Å². The summed E-state index contributed by atoms with van der Waals surface area (Å²) < 4.78 is 0. The summed E-state index contributed by atoms with van der Waals surface area (Å²) in [6.07, 6.45) is 8.37. The number of carboxylic acid groups (broad SMARTS) is 1. The smallest absolute Gasteiger partial charge is 0.303 e. The number of allylic oxidation sites excluding steroid dienone is 1. The average Bonchev–Trinajstić information content (AvgIpc) is 3.00. The summed E-state index contributed by atoms with van der Waals surface area (Å²) in [5, 5.41) is 18.9. The fourth-order valence-electron chi connectivity index (χ4n) is 3.12. The molecule has 1 aliphatic carbocycles. The van der Waals surface area contributed by atoms with Crippen molar-refractivity contribution in [3.05, 3.63) is 48.0 Å². The number of benzene rings is 1. The van der Waals surface area contributed by atoms with E-state index in [0.29, 0.717) is 12.3 Å². The Balaban J connectivity index is 0.00000127. The lowest BCUT2D eigenvalue weighted by Gasteiger charge is -2.14. The zero-order valence-corrected chi connectivity index (χ0v) is 14.3. The van der Waals surface area contributed by atoms with Crippen LogP contribution in [0.4, 0.5) is 0 Å². The highest BCUT2D eigenvalue weighted by Gasteiger charge is 2.27. The fourth-order valence-corrected chi connectivity index (χ4v) is 3.12. The molecule has 0 amide bonds. The number of aryl methyl sites for hydroxylation is 1. The molecule has 0 spiro atoms. The molecule has 128 valence electrons. The molecular formula is C20H30O3. The third-order valence-corrected chi connectivity index (χ3v) is 4.31. The van der Waals surface area contributed by atoms with E-state index in [2.05, 4.69) is 12.1 Å². The molecular weight excluding hydrogens is 288 g/mol. The SMILES string of the molecule is CC.O=C(O)C[C@H]1CCCC1/C=C/C(O)CCc1ccccc1. The van der Waals surface area contributed by atoms with Crippen molar-refractivity contribution in [2.75, 3.05) is 0 Å². The monoisotopic (exact) mass is 318 g/mol. The minimum atomic E-state index is -0.718. The van der Waals surface area contributed by atoms with Gasteiger partial charge in [-0.2, -0.15) is 0 Å². The molecule has 0 heterocycles. The number of aliphatic hydroxyl groups excluding tert-OH is 1. The molecule has 0 bridgehead atoms. The number of hydrogen-bond donors (Lipinski definition) is 2. The van der Waals surface area contributed by atoms with Gasteiger partial charge >= 0.3 is 5.97 Å². The van der Waals surface area contributed by atoms with Crippen molar-refractivity contribution < 1.29 is 15.0 Å². The van der Waals surface area contributed by atoms with Crippen LogP contribution in [0, 0.1) is 11.8 Å². The lowest BCUT2D eigenvalue weighted by molar-refractivity contribution is -0.138. The Hall–Kier alpha value is -1.61. The molecule has 0 aliphatic heterocycles. The third-order valence-electron chi connectivity index (χ3n) is 4.31. The van der Waals surface area contributed by atoms with E-state index in [9.17, 15) is 9.90 Å². The Kier molecular flexibility index (Phi) is 9.30. The summed E-state index contributed by atoms with van der Waals surface area (Å²) >= 11 is 0. The first-order chi connectivity index (χ1) is 11.1. The highest BCUT2D eigenvalue weighted by Crippen LogP contribution is 2.35. The fraction of sp³-hybridized carbons (Fsp3) is 0.550. The number of carbonyl (C=O) groups is 1. The van der Waals surface area contributed by atoms with Crippen molar-refractivity contribution in [3.63, 3.8) is 0 Å². The first-order valence-corrected chi connectivity index (χ1v) is 8.77. The van der Waals surface area contributed by atoms with E-state index in [-0.39, 0.29) is 12.3 Å². The van der Waals surface area contributed by atoms with Gasteiger partial charge in [-0.05, 0) is 43.1 Å². The molecule has 2 rings (SSSR count). The minimum absolute atomic E-state index is 0.236. The van der Waals surface area contributed by atoms with Crippen LogP contribution in [0.1, 0.15) is 51.5 Å². The molecule has 0 saturated heterocycles. The van der Waals surface area contributed by atoms with Crippen LogP contribution in [0.15, 0.2) is 42.5 Å². The zero-order valence-electron chi connectivity index (χ0n) is 14.3. The standard InChI is InChI=1S/C18H24O3.C2H6/c19-17(11-9-14-5-2-1-3-6-14)12-10-15-7-4-8-16(15)13-18(20)21;1-2/h1-3,5-6,10,12,15-17,19H,4,7-9,11,13H2,(H,20,21);1-2H3/b12-10+;/t15?,16-,17?;/m1./s1. The first-order valence-electron chi connectivity index (χ1n) is 8.77. The Morgan fingerprint density at radius 3 is 2.61 bits per heavy atom. The van der Waals surface area contributed by atoms with Gasteiger partial charge in [0.1, 0.15) is 0 Å². The molecule has 0 radical (unpaired) electrons. The van der Waals surface area contributed by atoms with E-state index >= 15 is 0 Å². The van der Waals surface area contributed by atoms with Gasteiger partial charge in [0.05, 0.1) is 6.10 Å². The number of aliphatic hydroxyl groups is 1. The van der Waals surface area contributed by atoms with Crippen LogP contribution in [0.5, 0.6) is 0 Å². The second-order valence-electron chi connectivity index (χ2n) is 5.93. The maximum absolute atomic E-state index is 10.8. The molecule has 1 aromatic carbocycles. The van der Waals surface area contributed by atoms with Crippen molar-refractivity contribution in [2.45, 2.75) is 58.5 Å². The molecule has 3 heteroatoms. The molecule has 23 heavy (non-hydrogen) atoms. The Labute approximate surface area is 140 Å². The van der Waals surface area contributed by atoms with Crippen LogP contribution in [0.2, 0.25) is 0 Å². The van der Waals surface area contributed by atoms with E-state index in [0.717, 1.165) is 25.7 Å². The summed E-state index contributed by atoms with van der Waals surface area (Å²) in [5.41, 5.74) is 1.23.